The van der Waals surface area contributed by atoms with Crippen molar-refractivity contribution in [1.82, 2.24) is 0 Å². The molecule has 7 heteroatoms. The van der Waals surface area contributed by atoms with Crippen LogP contribution in [-0.2, 0) is 4.57 Å². The first-order valence-corrected chi connectivity index (χ1v) is 5.01. The van der Waals surface area contributed by atoms with E-state index in [1.807, 2.05) is 0 Å². The van der Waals surface area contributed by atoms with Crippen molar-refractivity contribution < 1.29 is 9.46 Å². The lowest BCUT2D eigenvalue weighted by atomic mass is 10.3. The summed E-state index contributed by atoms with van der Waals surface area (Å²) in [6.45, 7) is 0.450. The zero-order valence-electron chi connectivity index (χ0n) is 6.73. The molecule has 0 aliphatic heterocycles. The number of hydrogen-bond acceptors (Lipinski definition) is 3. The highest BCUT2D eigenvalue weighted by Gasteiger charge is 2.06. The van der Waals surface area contributed by atoms with E-state index in [0.29, 0.717) is 19.4 Å². The smallest absolute Gasteiger partial charge is 0.205 e. The average Bonchev–Trinajstić information content (AvgIpc) is 1.97. The molecule has 6 nitrogen and oxygen atoms in total. The van der Waals surface area contributed by atoms with E-state index in [0.717, 1.165) is 0 Å². The van der Waals surface area contributed by atoms with Gasteiger partial charge in [0.25, 0.3) is 0 Å². The second-order valence-electron chi connectivity index (χ2n) is 2.39. The highest BCUT2D eigenvalue weighted by atomic mass is 31.1. The zero-order chi connectivity index (χ0) is 9.56. The Bertz CT molecular complexity index is 180. The van der Waals surface area contributed by atoms with Crippen LogP contribution in [0.4, 0.5) is 0 Å². The zero-order valence-corrected chi connectivity index (χ0v) is 7.73. The maximum absolute atomic E-state index is 10.4. The van der Waals surface area contributed by atoms with Gasteiger partial charge in [0.2, 0.25) is 8.03 Å². The molecule has 0 aromatic carbocycles. The molecule has 0 amide bonds. The second kappa shape index (κ2) is 5.99. The van der Waals surface area contributed by atoms with E-state index >= 15 is 0 Å². The maximum Gasteiger partial charge on any atom is 0.205 e. The summed E-state index contributed by atoms with van der Waals surface area (Å²) in [5, 5.41) is 0. The fourth-order valence-electron chi connectivity index (χ4n) is 0.643. The number of aliphatic imine (C=N–C) groups is 1. The van der Waals surface area contributed by atoms with Crippen molar-refractivity contribution in [3.05, 3.63) is 0 Å². The van der Waals surface area contributed by atoms with Crippen LogP contribution < -0.4 is 17.2 Å². The van der Waals surface area contributed by atoms with E-state index in [2.05, 4.69) is 4.99 Å². The van der Waals surface area contributed by atoms with Gasteiger partial charge in [-0.25, -0.2) is 0 Å². The van der Waals surface area contributed by atoms with Gasteiger partial charge in [-0.05, 0) is 12.8 Å². The lowest BCUT2D eigenvalue weighted by molar-refractivity contribution is 0.483. The van der Waals surface area contributed by atoms with Gasteiger partial charge in [-0.15, -0.1) is 0 Å². The number of guanidine groups is 1. The SMILES string of the molecule is NC(N)=NCCCC(N)[PH](=O)O. The van der Waals surface area contributed by atoms with Crippen LogP contribution in [0.15, 0.2) is 4.99 Å². The topological polar surface area (TPSA) is 128 Å². The number of rotatable bonds is 5. The monoisotopic (exact) mass is 194 g/mol. The van der Waals surface area contributed by atoms with Gasteiger partial charge >= 0.3 is 0 Å². The van der Waals surface area contributed by atoms with Crippen molar-refractivity contribution in [2.45, 2.75) is 18.6 Å². The molecule has 2 atom stereocenters. The highest BCUT2D eigenvalue weighted by molar-refractivity contribution is 7.38. The van der Waals surface area contributed by atoms with E-state index in [1.54, 1.807) is 0 Å². The van der Waals surface area contributed by atoms with Crippen molar-refractivity contribution in [2.24, 2.45) is 22.2 Å². The molecule has 0 bridgehead atoms. The fraction of sp³-hybridized carbons (Fsp3) is 0.800. The Morgan fingerprint density at radius 1 is 1.58 bits per heavy atom. The number of nitrogens with zero attached hydrogens (tertiary/aromatic N) is 1. The third-order valence-corrected chi connectivity index (χ3v) is 2.21. The van der Waals surface area contributed by atoms with Crippen molar-refractivity contribution >= 4 is 14.0 Å². The first kappa shape index (κ1) is 11.4. The van der Waals surface area contributed by atoms with Crippen LogP contribution in [-0.4, -0.2) is 23.2 Å². The van der Waals surface area contributed by atoms with Gasteiger partial charge < -0.3 is 22.1 Å². The van der Waals surface area contributed by atoms with Crippen LogP contribution in [0.2, 0.25) is 0 Å². The van der Waals surface area contributed by atoms with E-state index in [9.17, 15) is 4.57 Å². The summed E-state index contributed by atoms with van der Waals surface area (Å²) >= 11 is 0. The summed E-state index contributed by atoms with van der Waals surface area (Å²) in [5.74, 6) is -0.607. The summed E-state index contributed by atoms with van der Waals surface area (Å²) < 4.78 is 10.4. The van der Waals surface area contributed by atoms with E-state index in [-0.39, 0.29) is 5.96 Å². The molecule has 0 radical (unpaired) electrons. The van der Waals surface area contributed by atoms with Gasteiger partial charge in [0, 0.05) is 6.54 Å². The molecule has 0 aliphatic carbocycles. The summed E-state index contributed by atoms with van der Waals surface area (Å²) in [6, 6.07) is 0. The minimum Gasteiger partial charge on any atom is -0.370 e. The average molecular weight is 194 g/mol. The molecular weight excluding hydrogens is 179 g/mol. The van der Waals surface area contributed by atoms with Crippen LogP contribution in [0.3, 0.4) is 0 Å². The van der Waals surface area contributed by atoms with E-state index < -0.39 is 13.8 Å². The minimum atomic E-state index is -2.60. The van der Waals surface area contributed by atoms with Crippen LogP contribution in [0.5, 0.6) is 0 Å². The number of nitrogens with two attached hydrogens (primary N) is 3. The molecule has 0 saturated carbocycles. The van der Waals surface area contributed by atoms with Gasteiger partial charge in [0.05, 0.1) is 5.78 Å². The molecule has 0 spiro atoms. The van der Waals surface area contributed by atoms with Gasteiger partial charge in [-0.1, -0.05) is 0 Å². The highest BCUT2D eigenvalue weighted by Crippen LogP contribution is 2.21. The van der Waals surface area contributed by atoms with Crippen molar-refractivity contribution in [3.63, 3.8) is 0 Å². The summed E-state index contributed by atoms with van der Waals surface area (Å²) in [4.78, 5) is 12.3. The lowest BCUT2D eigenvalue weighted by Gasteiger charge is -2.04. The molecule has 2 unspecified atom stereocenters. The molecule has 0 rings (SSSR count). The standard InChI is InChI=1S/C5H15N4O2P/c6-4(12(10)11)2-1-3-9-5(7)8/h4,12H,1-3,6H2,(H,10,11)(H4,7,8,9). The molecule has 0 aromatic rings. The maximum atomic E-state index is 10.4. The third-order valence-electron chi connectivity index (χ3n) is 1.28. The summed E-state index contributed by atoms with van der Waals surface area (Å²) in [6.07, 6.45) is 1.08. The molecular formula is C5H15N4O2P. The van der Waals surface area contributed by atoms with Crippen molar-refractivity contribution in [2.75, 3.05) is 6.54 Å². The largest absolute Gasteiger partial charge is 0.370 e. The predicted octanol–water partition coefficient (Wildman–Crippen LogP) is -1.21. The third kappa shape index (κ3) is 6.15. The molecule has 7 N–H and O–H groups in total. The predicted molar refractivity (Wildman–Crippen MR) is 49.1 cm³/mol. The second-order valence-corrected chi connectivity index (χ2v) is 3.81. The van der Waals surface area contributed by atoms with Crippen molar-refractivity contribution in [3.8, 4) is 0 Å². The first-order chi connectivity index (χ1) is 5.54. The first-order valence-electron chi connectivity index (χ1n) is 3.58. The van der Waals surface area contributed by atoms with Crippen LogP contribution in [0.25, 0.3) is 0 Å². The van der Waals surface area contributed by atoms with Gasteiger partial charge in [0.15, 0.2) is 5.96 Å². The molecule has 0 saturated heterocycles. The summed E-state index contributed by atoms with van der Waals surface area (Å²) in [7, 11) is -2.60. The Morgan fingerprint density at radius 3 is 2.58 bits per heavy atom. The quantitative estimate of drug-likeness (QED) is 0.189. The van der Waals surface area contributed by atoms with Gasteiger partial charge in [-0.2, -0.15) is 0 Å². The fourth-order valence-corrected chi connectivity index (χ4v) is 1.09. The lowest BCUT2D eigenvalue weighted by Crippen LogP contribution is -2.23. The van der Waals surface area contributed by atoms with E-state index in [1.165, 1.54) is 0 Å². The molecule has 0 aliphatic rings. The Morgan fingerprint density at radius 2 is 2.17 bits per heavy atom. The Labute approximate surface area is 71.7 Å². The van der Waals surface area contributed by atoms with E-state index in [4.69, 9.17) is 22.1 Å². The van der Waals surface area contributed by atoms with Gasteiger partial charge in [-0.3, -0.25) is 9.56 Å². The molecule has 72 valence electrons. The Balaban J connectivity index is 3.44. The Hall–Kier alpha value is -0.580. The normalized spacial score (nSPS) is 15.2. The number of hydrogen-bond donors (Lipinski definition) is 4. The van der Waals surface area contributed by atoms with Crippen molar-refractivity contribution in [1.29, 1.82) is 0 Å². The van der Waals surface area contributed by atoms with Crippen LogP contribution in [0.1, 0.15) is 12.8 Å². The Kier molecular flexibility index (Phi) is 5.70. The minimum absolute atomic E-state index is 0.0280. The molecule has 0 aromatic heterocycles. The molecule has 12 heavy (non-hydrogen) atoms. The van der Waals surface area contributed by atoms with Crippen LogP contribution >= 0.6 is 8.03 Å². The van der Waals surface area contributed by atoms with Gasteiger partial charge in [0.1, 0.15) is 0 Å². The van der Waals surface area contributed by atoms with Crippen LogP contribution in [0, 0.1) is 0 Å². The molecule has 0 fully saturated rings. The summed E-state index contributed by atoms with van der Waals surface area (Å²) in [5.41, 5.74) is 15.4. The molecule has 0 heterocycles.